The lowest BCUT2D eigenvalue weighted by atomic mass is 9.65. The SMILES string of the molecule is CC(C)(C)C1CCC(CN)C(Cc2sccc2Br)C1. The third-order valence-corrected chi connectivity index (χ3v) is 6.75. The second-order valence-electron chi connectivity index (χ2n) is 7.03. The highest BCUT2D eigenvalue weighted by atomic mass is 79.9. The monoisotopic (exact) mass is 343 g/mol. The van der Waals surface area contributed by atoms with Crippen LogP contribution in [0.15, 0.2) is 15.9 Å². The molecule has 0 amide bonds. The van der Waals surface area contributed by atoms with Crippen molar-refractivity contribution in [3.8, 4) is 0 Å². The Labute approximate surface area is 130 Å². The van der Waals surface area contributed by atoms with Crippen LogP contribution in [0.3, 0.4) is 0 Å². The Kier molecular flexibility index (Phi) is 5.13. The fourth-order valence-electron chi connectivity index (χ4n) is 3.38. The van der Waals surface area contributed by atoms with Gasteiger partial charge in [0.1, 0.15) is 0 Å². The maximum Gasteiger partial charge on any atom is 0.0314 e. The lowest BCUT2D eigenvalue weighted by molar-refractivity contribution is 0.101. The Bertz CT molecular complexity index is 407. The number of rotatable bonds is 3. The predicted octanol–water partition coefficient (Wildman–Crippen LogP) is 5.09. The van der Waals surface area contributed by atoms with Gasteiger partial charge in [-0.2, -0.15) is 0 Å². The lowest BCUT2D eigenvalue weighted by Crippen LogP contribution is -2.36. The molecule has 1 saturated carbocycles. The second-order valence-corrected chi connectivity index (χ2v) is 8.88. The van der Waals surface area contributed by atoms with Gasteiger partial charge in [-0.05, 0) is 82.8 Å². The van der Waals surface area contributed by atoms with E-state index in [0.29, 0.717) is 11.3 Å². The van der Waals surface area contributed by atoms with Gasteiger partial charge in [0.2, 0.25) is 0 Å². The van der Waals surface area contributed by atoms with Gasteiger partial charge in [-0.15, -0.1) is 11.3 Å². The third-order valence-electron chi connectivity index (χ3n) is 4.81. The molecule has 1 aliphatic rings. The van der Waals surface area contributed by atoms with Crippen LogP contribution in [0.25, 0.3) is 0 Å². The zero-order valence-corrected chi connectivity index (χ0v) is 14.7. The van der Waals surface area contributed by atoms with Crippen LogP contribution in [0.4, 0.5) is 0 Å². The van der Waals surface area contributed by atoms with Gasteiger partial charge in [0.25, 0.3) is 0 Å². The molecule has 1 aromatic rings. The van der Waals surface area contributed by atoms with Crippen LogP contribution >= 0.6 is 27.3 Å². The fraction of sp³-hybridized carbons (Fsp3) is 0.750. The molecule has 0 spiro atoms. The second kappa shape index (κ2) is 6.28. The first kappa shape index (κ1) is 15.5. The quantitative estimate of drug-likeness (QED) is 0.812. The minimum atomic E-state index is 0.435. The summed E-state index contributed by atoms with van der Waals surface area (Å²) in [7, 11) is 0. The van der Waals surface area contributed by atoms with Gasteiger partial charge in [0.15, 0.2) is 0 Å². The highest BCUT2D eigenvalue weighted by Crippen LogP contribution is 2.44. The first-order valence-electron chi connectivity index (χ1n) is 7.33. The summed E-state index contributed by atoms with van der Waals surface area (Å²) >= 11 is 5.55. The summed E-state index contributed by atoms with van der Waals surface area (Å²) in [6, 6.07) is 2.17. The van der Waals surface area contributed by atoms with Crippen molar-refractivity contribution in [2.45, 2.75) is 46.5 Å². The van der Waals surface area contributed by atoms with Gasteiger partial charge in [0, 0.05) is 9.35 Å². The molecular formula is C16H26BrNS. The highest BCUT2D eigenvalue weighted by Gasteiger charge is 2.35. The van der Waals surface area contributed by atoms with Crippen LogP contribution in [-0.4, -0.2) is 6.54 Å². The molecule has 2 N–H and O–H groups in total. The average Bonchev–Trinajstić information content (AvgIpc) is 2.74. The lowest BCUT2D eigenvalue weighted by Gasteiger charge is -2.41. The topological polar surface area (TPSA) is 26.0 Å². The fourth-order valence-corrected chi connectivity index (χ4v) is 4.99. The van der Waals surface area contributed by atoms with Gasteiger partial charge in [0.05, 0.1) is 0 Å². The van der Waals surface area contributed by atoms with Crippen molar-refractivity contribution in [3.05, 3.63) is 20.8 Å². The Morgan fingerprint density at radius 3 is 2.58 bits per heavy atom. The normalized spacial score (nSPS) is 28.6. The van der Waals surface area contributed by atoms with E-state index in [1.165, 1.54) is 35.0 Å². The standard InChI is InChI=1S/C16H26BrNS/c1-16(2,3)13-5-4-11(10-18)12(8-13)9-15-14(17)6-7-19-15/h6-7,11-13H,4-5,8-10,18H2,1-3H3. The summed E-state index contributed by atoms with van der Waals surface area (Å²) in [6.07, 6.45) is 5.21. The van der Waals surface area contributed by atoms with E-state index in [9.17, 15) is 0 Å². The van der Waals surface area contributed by atoms with Crippen LogP contribution in [-0.2, 0) is 6.42 Å². The molecule has 0 aromatic carbocycles. The molecular weight excluding hydrogens is 318 g/mol. The molecule has 19 heavy (non-hydrogen) atoms. The summed E-state index contributed by atoms with van der Waals surface area (Å²) in [4.78, 5) is 1.50. The first-order valence-corrected chi connectivity index (χ1v) is 9.01. The van der Waals surface area contributed by atoms with Crippen molar-refractivity contribution in [2.75, 3.05) is 6.54 Å². The number of thiophene rings is 1. The molecule has 1 aromatic heterocycles. The molecule has 2 rings (SSSR count). The summed E-state index contributed by atoms with van der Waals surface area (Å²) in [5, 5.41) is 2.18. The van der Waals surface area contributed by atoms with Gasteiger partial charge < -0.3 is 5.73 Å². The summed E-state index contributed by atoms with van der Waals surface area (Å²) in [6.45, 7) is 8.01. The van der Waals surface area contributed by atoms with Crippen molar-refractivity contribution in [2.24, 2.45) is 28.9 Å². The van der Waals surface area contributed by atoms with Crippen molar-refractivity contribution < 1.29 is 0 Å². The van der Waals surface area contributed by atoms with Crippen LogP contribution in [0.1, 0.15) is 44.9 Å². The van der Waals surface area contributed by atoms with E-state index in [-0.39, 0.29) is 0 Å². The Balaban J connectivity index is 2.08. The molecule has 1 aliphatic carbocycles. The van der Waals surface area contributed by atoms with E-state index >= 15 is 0 Å². The molecule has 3 heteroatoms. The molecule has 0 saturated heterocycles. The van der Waals surface area contributed by atoms with Crippen molar-refractivity contribution in [1.82, 2.24) is 0 Å². The van der Waals surface area contributed by atoms with Crippen LogP contribution in [0, 0.1) is 23.2 Å². The van der Waals surface area contributed by atoms with Gasteiger partial charge in [-0.1, -0.05) is 20.8 Å². The minimum absolute atomic E-state index is 0.435. The Morgan fingerprint density at radius 1 is 1.32 bits per heavy atom. The molecule has 3 atom stereocenters. The molecule has 108 valence electrons. The molecule has 0 radical (unpaired) electrons. The summed E-state index contributed by atoms with van der Waals surface area (Å²) in [5.41, 5.74) is 6.44. The van der Waals surface area contributed by atoms with Gasteiger partial charge in [-0.25, -0.2) is 0 Å². The Hall–Kier alpha value is 0.140. The highest BCUT2D eigenvalue weighted by molar-refractivity contribution is 9.10. The van der Waals surface area contributed by atoms with Crippen molar-refractivity contribution in [1.29, 1.82) is 0 Å². The minimum Gasteiger partial charge on any atom is -0.330 e. The van der Waals surface area contributed by atoms with E-state index < -0.39 is 0 Å². The van der Waals surface area contributed by atoms with Crippen molar-refractivity contribution >= 4 is 27.3 Å². The summed E-state index contributed by atoms with van der Waals surface area (Å²) < 4.78 is 1.28. The van der Waals surface area contributed by atoms with Gasteiger partial charge in [-0.3, -0.25) is 0 Å². The maximum atomic E-state index is 6.01. The van der Waals surface area contributed by atoms with Crippen LogP contribution in [0.2, 0.25) is 0 Å². The van der Waals surface area contributed by atoms with E-state index in [1.54, 1.807) is 0 Å². The molecule has 0 aliphatic heterocycles. The smallest absolute Gasteiger partial charge is 0.0314 e. The first-order chi connectivity index (χ1) is 8.91. The van der Waals surface area contributed by atoms with E-state index in [2.05, 4.69) is 48.1 Å². The average molecular weight is 344 g/mol. The molecule has 3 unspecified atom stereocenters. The van der Waals surface area contributed by atoms with E-state index in [1.807, 2.05) is 11.3 Å². The molecule has 1 nitrogen and oxygen atoms in total. The zero-order valence-electron chi connectivity index (χ0n) is 12.3. The van der Waals surface area contributed by atoms with E-state index in [4.69, 9.17) is 5.73 Å². The zero-order chi connectivity index (χ0) is 14.0. The number of nitrogens with two attached hydrogens (primary N) is 1. The Morgan fingerprint density at radius 2 is 2.05 bits per heavy atom. The summed E-state index contributed by atoms with van der Waals surface area (Å²) in [5.74, 6) is 2.32. The molecule has 0 bridgehead atoms. The van der Waals surface area contributed by atoms with Gasteiger partial charge >= 0.3 is 0 Å². The van der Waals surface area contributed by atoms with E-state index in [0.717, 1.165) is 18.4 Å². The van der Waals surface area contributed by atoms with Crippen molar-refractivity contribution in [3.63, 3.8) is 0 Å². The maximum absolute atomic E-state index is 6.01. The number of halogens is 1. The van der Waals surface area contributed by atoms with Crippen LogP contribution in [0.5, 0.6) is 0 Å². The number of hydrogen-bond donors (Lipinski definition) is 1. The third kappa shape index (κ3) is 3.83. The largest absolute Gasteiger partial charge is 0.330 e. The number of hydrogen-bond acceptors (Lipinski definition) is 2. The predicted molar refractivity (Wildman–Crippen MR) is 88.6 cm³/mol. The molecule has 1 heterocycles. The van der Waals surface area contributed by atoms with Crippen LogP contribution < -0.4 is 5.73 Å². The molecule has 1 fully saturated rings.